The van der Waals surface area contributed by atoms with Crippen LogP contribution in [0.25, 0.3) is 10.8 Å². The van der Waals surface area contributed by atoms with Crippen molar-refractivity contribution in [2.75, 3.05) is 0 Å². The van der Waals surface area contributed by atoms with E-state index in [9.17, 15) is 0 Å². The standard InChI is InChI=1S/C23H19S/c1-18-16-17-23(22-15-9-8-14-21(18)22)24(19-10-4-2-5-11-19)20-12-6-3-7-13-20/h2-17H,1H3/q+1. The first-order valence-electron chi connectivity index (χ1n) is 8.17. The van der Waals surface area contributed by atoms with Crippen LogP contribution in [-0.2, 0) is 10.9 Å². The van der Waals surface area contributed by atoms with Crippen LogP contribution in [0.15, 0.2) is 112 Å². The van der Waals surface area contributed by atoms with Crippen LogP contribution in [0, 0.1) is 6.92 Å². The van der Waals surface area contributed by atoms with E-state index >= 15 is 0 Å². The minimum absolute atomic E-state index is 0.0975. The van der Waals surface area contributed by atoms with E-state index in [1.165, 1.54) is 31.0 Å². The maximum atomic E-state index is 2.31. The van der Waals surface area contributed by atoms with Gasteiger partial charge in [-0.25, -0.2) is 0 Å². The molecule has 0 spiro atoms. The fourth-order valence-electron chi connectivity index (χ4n) is 3.10. The Bertz CT molecular complexity index is 919. The van der Waals surface area contributed by atoms with E-state index in [4.69, 9.17) is 0 Å². The van der Waals surface area contributed by atoms with Crippen molar-refractivity contribution in [3.63, 3.8) is 0 Å². The summed E-state index contributed by atoms with van der Waals surface area (Å²) in [4.78, 5) is 4.11. The molecule has 4 rings (SSSR count). The van der Waals surface area contributed by atoms with E-state index in [-0.39, 0.29) is 10.9 Å². The highest BCUT2D eigenvalue weighted by Gasteiger charge is 2.30. The molecule has 0 aromatic heterocycles. The van der Waals surface area contributed by atoms with Crippen molar-refractivity contribution in [2.24, 2.45) is 0 Å². The third-order valence-electron chi connectivity index (χ3n) is 4.28. The molecular weight excluding hydrogens is 308 g/mol. The molecule has 0 atom stereocenters. The van der Waals surface area contributed by atoms with Crippen LogP contribution < -0.4 is 0 Å². The molecule has 24 heavy (non-hydrogen) atoms. The van der Waals surface area contributed by atoms with Crippen molar-refractivity contribution in [1.29, 1.82) is 0 Å². The van der Waals surface area contributed by atoms with E-state index < -0.39 is 0 Å². The quantitative estimate of drug-likeness (QED) is 0.390. The van der Waals surface area contributed by atoms with Crippen LogP contribution in [-0.4, -0.2) is 0 Å². The highest BCUT2D eigenvalue weighted by atomic mass is 32.2. The second-order valence-electron chi connectivity index (χ2n) is 5.86. The molecule has 116 valence electrons. The molecule has 0 radical (unpaired) electrons. The van der Waals surface area contributed by atoms with Gasteiger partial charge in [0, 0.05) is 5.39 Å². The summed E-state index contributed by atoms with van der Waals surface area (Å²) < 4.78 is 0. The molecule has 0 N–H and O–H groups in total. The van der Waals surface area contributed by atoms with Gasteiger partial charge in [-0.05, 0) is 54.3 Å². The molecule has 0 saturated carbocycles. The molecule has 0 bridgehead atoms. The van der Waals surface area contributed by atoms with Gasteiger partial charge in [0.05, 0.1) is 10.9 Å². The fraction of sp³-hybridized carbons (Fsp3) is 0.0435. The lowest BCUT2D eigenvalue weighted by Gasteiger charge is -2.11. The maximum Gasteiger partial charge on any atom is 0.174 e. The highest BCUT2D eigenvalue weighted by Crippen LogP contribution is 2.36. The average molecular weight is 327 g/mol. The summed E-state index contributed by atoms with van der Waals surface area (Å²) in [6.45, 7) is 2.19. The van der Waals surface area contributed by atoms with E-state index in [1.54, 1.807) is 0 Å². The predicted molar refractivity (Wildman–Crippen MR) is 104 cm³/mol. The van der Waals surface area contributed by atoms with Gasteiger partial charge >= 0.3 is 0 Å². The number of hydrogen-bond acceptors (Lipinski definition) is 0. The van der Waals surface area contributed by atoms with Gasteiger partial charge in [0.2, 0.25) is 0 Å². The zero-order valence-electron chi connectivity index (χ0n) is 13.6. The van der Waals surface area contributed by atoms with Gasteiger partial charge < -0.3 is 0 Å². The van der Waals surface area contributed by atoms with Gasteiger partial charge in [-0.15, -0.1) is 0 Å². The van der Waals surface area contributed by atoms with Gasteiger partial charge in [0.1, 0.15) is 0 Å². The van der Waals surface area contributed by atoms with Crippen molar-refractivity contribution in [3.8, 4) is 0 Å². The first-order chi connectivity index (χ1) is 11.8. The monoisotopic (exact) mass is 327 g/mol. The molecule has 0 nitrogen and oxygen atoms in total. The van der Waals surface area contributed by atoms with Crippen molar-refractivity contribution in [3.05, 3.63) is 103 Å². The van der Waals surface area contributed by atoms with Crippen molar-refractivity contribution < 1.29 is 0 Å². The van der Waals surface area contributed by atoms with Crippen LogP contribution in [0.4, 0.5) is 0 Å². The molecule has 0 aliphatic heterocycles. The first-order valence-corrected chi connectivity index (χ1v) is 9.40. The summed E-state index contributed by atoms with van der Waals surface area (Å²) in [5.41, 5.74) is 1.33. The summed E-state index contributed by atoms with van der Waals surface area (Å²) in [6.07, 6.45) is 0. The highest BCUT2D eigenvalue weighted by molar-refractivity contribution is 7.97. The van der Waals surface area contributed by atoms with E-state index in [2.05, 4.69) is 104 Å². The molecule has 1 heteroatoms. The smallest absolute Gasteiger partial charge is 0.0619 e. The second-order valence-corrected chi connectivity index (χ2v) is 7.85. The number of rotatable bonds is 3. The van der Waals surface area contributed by atoms with Crippen molar-refractivity contribution in [1.82, 2.24) is 0 Å². The Morgan fingerprint density at radius 1 is 0.500 bits per heavy atom. The van der Waals surface area contributed by atoms with Gasteiger partial charge in [-0.3, -0.25) is 0 Å². The zero-order valence-corrected chi connectivity index (χ0v) is 14.5. The summed E-state index contributed by atoms with van der Waals surface area (Å²) >= 11 is 0. The molecule has 0 unspecified atom stereocenters. The lowest BCUT2D eigenvalue weighted by Crippen LogP contribution is -2.05. The third-order valence-corrected chi connectivity index (χ3v) is 6.56. The van der Waals surface area contributed by atoms with Crippen molar-refractivity contribution in [2.45, 2.75) is 21.6 Å². The Hall–Kier alpha value is -2.51. The maximum absolute atomic E-state index is 2.31. The Kier molecular flexibility index (Phi) is 4.10. The van der Waals surface area contributed by atoms with Crippen molar-refractivity contribution >= 4 is 21.7 Å². The minimum atomic E-state index is -0.0975. The minimum Gasteiger partial charge on any atom is -0.0619 e. The van der Waals surface area contributed by atoms with Gasteiger partial charge in [0.25, 0.3) is 0 Å². The summed E-state index contributed by atoms with van der Waals surface area (Å²) in [5, 5.41) is 2.70. The van der Waals surface area contributed by atoms with E-state index in [0.717, 1.165) is 0 Å². The van der Waals surface area contributed by atoms with Crippen LogP contribution in [0.5, 0.6) is 0 Å². The van der Waals surface area contributed by atoms with Crippen LogP contribution in [0.3, 0.4) is 0 Å². The summed E-state index contributed by atoms with van der Waals surface area (Å²) in [6, 6.07) is 35.0. The van der Waals surface area contributed by atoms with Crippen LogP contribution >= 0.6 is 0 Å². The molecular formula is C23H19S+. The fourth-order valence-corrected chi connectivity index (χ4v) is 5.34. The van der Waals surface area contributed by atoms with E-state index in [1.807, 2.05) is 0 Å². The molecule has 0 amide bonds. The SMILES string of the molecule is Cc1ccc([S+](c2ccccc2)c2ccccc2)c2ccccc12. The van der Waals surface area contributed by atoms with E-state index in [0.29, 0.717) is 0 Å². The number of aryl methyl sites for hydroxylation is 1. The topological polar surface area (TPSA) is 0 Å². The Balaban J connectivity index is 2.00. The molecule has 0 heterocycles. The number of fused-ring (bicyclic) bond motifs is 1. The average Bonchev–Trinajstić information content (AvgIpc) is 2.66. The third kappa shape index (κ3) is 2.72. The summed E-state index contributed by atoms with van der Waals surface area (Å²) in [7, 11) is -0.0975. The Morgan fingerprint density at radius 3 is 1.58 bits per heavy atom. The van der Waals surface area contributed by atoms with Gasteiger partial charge in [-0.2, -0.15) is 0 Å². The Labute approximate surface area is 146 Å². The zero-order chi connectivity index (χ0) is 16.4. The predicted octanol–water partition coefficient (Wildman–Crippen LogP) is 6.24. The van der Waals surface area contributed by atoms with Crippen LogP contribution in [0.1, 0.15) is 5.56 Å². The number of hydrogen-bond donors (Lipinski definition) is 0. The van der Waals surface area contributed by atoms with Gasteiger partial charge in [-0.1, -0.05) is 60.7 Å². The lowest BCUT2D eigenvalue weighted by atomic mass is 10.1. The molecule has 0 fully saturated rings. The van der Waals surface area contributed by atoms with Crippen LogP contribution in [0.2, 0.25) is 0 Å². The normalized spacial score (nSPS) is 11.1. The molecule has 0 saturated heterocycles. The largest absolute Gasteiger partial charge is 0.174 e. The molecule has 4 aromatic carbocycles. The molecule has 0 aliphatic rings. The lowest BCUT2D eigenvalue weighted by molar-refractivity contribution is 1.33. The molecule has 4 aromatic rings. The first kappa shape index (κ1) is 15.0. The summed E-state index contributed by atoms with van der Waals surface area (Å²) in [5.74, 6) is 0. The number of benzene rings is 4. The molecule has 0 aliphatic carbocycles. The Morgan fingerprint density at radius 2 is 1.00 bits per heavy atom. The second kappa shape index (κ2) is 6.54. The van der Waals surface area contributed by atoms with Gasteiger partial charge in [0.15, 0.2) is 14.7 Å².